The van der Waals surface area contributed by atoms with Gasteiger partial charge in [0.05, 0.1) is 10.1 Å². The first kappa shape index (κ1) is 14.4. The summed E-state index contributed by atoms with van der Waals surface area (Å²) in [5.41, 5.74) is 1.51. The Hall–Kier alpha value is -1.52. The second-order valence-electron chi connectivity index (χ2n) is 4.56. The van der Waals surface area contributed by atoms with E-state index in [1.807, 2.05) is 12.1 Å². The Morgan fingerprint density at radius 1 is 1.24 bits per heavy atom. The van der Waals surface area contributed by atoms with Crippen LogP contribution in [0, 0.1) is 5.82 Å². The van der Waals surface area contributed by atoms with Gasteiger partial charge in [-0.05, 0) is 24.3 Å². The lowest BCUT2D eigenvalue weighted by Gasteiger charge is -2.10. The maximum absolute atomic E-state index is 13.5. The number of rotatable bonds is 4. The number of benzene rings is 2. The summed E-state index contributed by atoms with van der Waals surface area (Å²) in [6.07, 6.45) is 0. The third-order valence-electron chi connectivity index (χ3n) is 3.11. The fourth-order valence-electron chi connectivity index (χ4n) is 2.03. The molecule has 2 nitrogen and oxygen atoms in total. The molecule has 0 aromatic heterocycles. The normalized spacial score (nSPS) is 14.1. The second-order valence-corrected chi connectivity index (χ2v) is 6.05. The molecule has 0 aliphatic carbocycles. The monoisotopic (exact) mass is 321 g/mol. The minimum absolute atomic E-state index is 0.154. The molecule has 1 aliphatic rings. The average Bonchev–Trinajstić information content (AvgIpc) is 3.02. The fourth-order valence-corrected chi connectivity index (χ4v) is 3.12. The Kier molecular flexibility index (Phi) is 4.46. The van der Waals surface area contributed by atoms with Crippen molar-refractivity contribution in [1.29, 1.82) is 0 Å². The van der Waals surface area contributed by atoms with E-state index in [4.69, 9.17) is 16.3 Å². The molecule has 0 fully saturated rings. The molecule has 0 atom stereocenters. The molecule has 0 amide bonds. The first-order valence-corrected chi connectivity index (χ1v) is 7.94. The van der Waals surface area contributed by atoms with Crippen LogP contribution < -0.4 is 4.74 Å². The summed E-state index contributed by atoms with van der Waals surface area (Å²) in [6.45, 7) is 1.00. The maximum Gasteiger partial charge on any atom is 0.138 e. The van der Waals surface area contributed by atoms with Crippen molar-refractivity contribution in [2.24, 2.45) is 4.99 Å². The summed E-state index contributed by atoms with van der Waals surface area (Å²) in [6, 6.07) is 12.1. The van der Waals surface area contributed by atoms with Crippen molar-refractivity contribution < 1.29 is 9.13 Å². The van der Waals surface area contributed by atoms with E-state index < -0.39 is 0 Å². The van der Waals surface area contributed by atoms with Crippen LogP contribution in [0.1, 0.15) is 11.1 Å². The number of halogens is 2. The van der Waals surface area contributed by atoms with Crippen molar-refractivity contribution in [3.63, 3.8) is 0 Å². The van der Waals surface area contributed by atoms with Gasteiger partial charge in [0, 0.05) is 23.4 Å². The quantitative estimate of drug-likeness (QED) is 0.824. The van der Waals surface area contributed by atoms with Crippen molar-refractivity contribution in [3.05, 3.63) is 64.4 Å². The molecular formula is C16H13ClFNOS. The zero-order valence-electron chi connectivity index (χ0n) is 11.2. The average molecular weight is 322 g/mol. The van der Waals surface area contributed by atoms with Gasteiger partial charge in [-0.1, -0.05) is 29.8 Å². The van der Waals surface area contributed by atoms with Crippen LogP contribution in [-0.4, -0.2) is 17.3 Å². The predicted molar refractivity (Wildman–Crippen MR) is 86.0 cm³/mol. The zero-order chi connectivity index (χ0) is 14.7. The first-order valence-electron chi connectivity index (χ1n) is 6.57. The van der Waals surface area contributed by atoms with E-state index in [9.17, 15) is 4.39 Å². The van der Waals surface area contributed by atoms with E-state index in [-0.39, 0.29) is 12.4 Å². The SMILES string of the molecule is Fc1ccccc1COc1ccc(C2=NCCS2)cc1Cl. The van der Waals surface area contributed by atoms with Gasteiger partial charge in [0.15, 0.2) is 0 Å². The van der Waals surface area contributed by atoms with Gasteiger partial charge in [-0.3, -0.25) is 4.99 Å². The molecule has 1 heterocycles. The van der Waals surface area contributed by atoms with Crippen molar-refractivity contribution in [2.45, 2.75) is 6.61 Å². The van der Waals surface area contributed by atoms with Crippen molar-refractivity contribution >= 4 is 28.4 Å². The molecular weight excluding hydrogens is 309 g/mol. The Labute approximate surface area is 132 Å². The molecule has 0 N–H and O–H groups in total. The summed E-state index contributed by atoms with van der Waals surface area (Å²) >= 11 is 7.95. The summed E-state index contributed by atoms with van der Waals surface area (Å²) in [5.74, 6) is 1.28. The molecule has 0 bridgehead atoms. The van der Waals surface area contributed by atoms with Gasteiger partial charge < -0.3 is 4.74 Å². The van der Waals surface area contributed by atoms with Crippen LogP contribution in [0.25, 0.3) is 0 Å². The third-order valence-corrected chi connectivity index (χ3v) is 4.43. The van der Waals surface area contributed by atoms with E-state index in [2.05, 4.69) is 4.99 Å². The molecule has 0 unspecified atom stereocenters. The molecule has 108 valence electrons. The molecule has 5 heteroatoms. The maximum atomic E-state index is 13.5. The Morgan fingerprint density at radius 2 is 2.10 bits per heavy atom. The highest BCUT2D eigenvalue weighted by molar-refractivity contribution is 8.14. The van der Waals surface area contributed by atoms with E-state index in [1.165, 1.54) is 6.07 Å². The van der Waals surface area contributed by atoms with Gasteiger partial charge in [-0.2, -0.15) is 0 Å². The molecule has 0 saturated carbocycles. The molecule has 3 rings (SSSR count). The highest BCUT2D eigenvalue weighted by Gasteiger charge is 2.12. The van der Waals surface area contributed by atoms with Gasteiger partial charge in [-0.25, -0.2) is 4.39 Å². The molecule has 0 spiro atoms. The smallest absolute Gasteiger partial charge is 0.138 e. The Bertz CT molecular complexity index is 690. The van der Waals surface area contributed by atoms with Gasteiger partial charge in [0.25, 0.3) is 0 Å². The number of nitrogens with zero attached hydrogens (tertiary/aromatic N) is 1. The minimum Gasteiger partial charge on any atom is -0.487 e. The number of thioether (sulfide) groups is 1. The molecule has 2 aromatic rings. The lowest BCUT2D eigenvalue weighted by Crippen LogP contribution is -1.99. The van der Waals surface area contributed by atoms with Crippen molar-refractivity contribution in [3.8, 4) is 5.75 Å². The van der Waals surface area contributed by atoms with Crippen LogP contribution >= 0.6 is 23.4 Å². The highest BCUT2D eigenvalue weighted by atomic mass is 35.5. The number of ether oxygens (including phenoxy) is 1. The zero-order valence-corrected chi connectivity index (χ0v) is 12.8. The van der Waals surface area contributed by atoms with Crippen LogP contribution in [0.5, 0.6) is 5.75 Å². The second kappa shape index (κ2) is 6.50. The van der Waals surface area contributed by atoms with E-state index in [0.29, 0.717) is 16.3 Å². The van der Waals surface area contributed by atoms with E-state index in [0.717, 1.165) is 22.9 Å². The van der Waals surface area contributed by atoms with E-state index in [1.54, 1.807) is 36.0 Å². The Morgan fingerprint density at radius 3 is 2.81 bits per heavy atom. The van der Waals surface area contributed by atoms with Gasteiger partial charge in [0.1, 0.15) is 18.2 Å². The van der Waals surface area contributed by atoms with Crippen molar-refractivity contribution in [2.75, 3.05) is 12.3 Å². The lowest BCUT2D eigenvalue weighted by atomic mass is 10.2. The number of hydrogen-bond donors (Lipinski definition) is 0. The summed E-state index contributed by atoms with van der Waals surface area (Å²) in [4.78, 5) is 4.41. The Balaban J connectivity index is 1.73. The third kappa shape index (κ3) is 3.39. The molecule has 0 radical (unpaired) electrons. The van der Waals surface area contributed by atoms with Crippen LogP contribution in [0.3, 0.4) is 0 Å². The molecule has 21 heavy (non-hydrogen) atoms. The van der Waals surface area contributed by atoms with Crippen LogP contribution in [0.2, 0.25) is 5.02 Å². The van der Waals surface area contributed by atoms with Crippen LogP contribution in [0.4, 0.5) is 4.39 Å². The molecule has 2 aromatic carbocycles. The summed E-state index contributed by atoms with van der Waals surface area (Å²) in [5, 5.41) is 1.52. The van der Waals surface area contributed by atoms with E-state index >= 15 is 0 Å². The molecule has 0 saturated heterocycles. The topological polar surface area (TPSA) is 21.6 Å². The van der Waals surface area contributed by atoms with Crippen LogP contribution in [-0.2, 0) is 6.61 Å². The van der Waals surface area contributed by atoms with Gasteiger partial charge >= 0.3 is 0 Å². The standard InChI is InChI=1S/C16H13ClFNOS/c17-13-9-11(16-19-7-8-21-16)5-6-15(13)20-10-12-3-1-2-4-14(12)18/h1-6,9H,7-8,10H2. The fraction of sp³-hybridized carbons (Fsp3) is 0.188. The van der Waals surface area contributed by atoms with Gasteiger partial charge in [-0.15, -0.1) is 11.8 Å². The number of hydrogen-bond acceptors (Lipinski definition) is 3. The first-order chi connectivity index (χ1) is 10.2. The number of aliphatic imine (C=N–C) groups is 1. The molecule has 1 aliphatic heterocycles. The van der Waals surface area contributed by atoms with Crippen LogP contribution in [0.15, 0.2) is 47.5 Å². The highest BCUT2D eigenvalue weighted by Crippen LogP contribution is 2.29. The summed E-state index contributed by atoms with van der Waals surface area (Å²) < 4.78 is 19.1. The van der Waals surface area contributed by atoms with Gasteiger partial charge in [0.2, 0.25) is 0 Å². The largest absolute Gasteiger partial charge is 0.487 e. The minimum atomic E-state index is -0.276. The summed E-state index contributed by atoms with van der Waals surface area (Å²) in [7, 11) is 0. The lowest BCUT2D eigenvalue weighted by molar-refractivity contribution is 0.300. The predicted octanol–water partition coefficient (Wildman–Crippen LogP) is 4.55. The van der Waals surface area contributed by atoms with Crippen molar-refractivity contribution in [1.82, 2.24) is 0 Å².